The lowest BCUT2D eigenvalue weighted by molar-refractivity contribution is 0.338. The van der Waals surface area contributed by atoms with Crippen molar-refractivity contribution in [3.05, 3.63) is 52.6 Å². The van der Waals surface area contributed by atoms with Gasteiger partial charge in [0, 0.05) is 18.5 Å². The quantitative estimate of drug-likeness (QED) is 0.733. The number of hydrogen-bond acceptors (Lipinski definition) is 2. The fraction of sp³-hybridized carbons (Fsp3) is 0.565. The van der Waals surface area contributed by atoms with Gasteiger partial charge in [-0.1, -0.05) is 49.6 Å². The maximum absolute atomic E-state index is 13.2. The van der Waals surface area contributed by atoms with Crippen molar-refractivity contribution >= 4 is 10.0 Å². The molecule has 2 unspecified atom stereocenters. The summed E-state index contributed by atoms with van der Waals surface area (Å²) < 4.78 is 28.2. The second-order valence-electron chi connectivity index (χ2n) is 9.44. The first-order valence-electron chi connectivity index (χ1n) is 10.3. The van der Waals surface area contributed by atoms with Gasteiger partial charge in [0.05, 0.1) is 4.90 Å². The van der Waals surface area contributed by atoms with Crippen molar-refractivity contribution in [3.8, 4) is 0 Å². The van der Waals surface area contributed by atoms with Crippen molar-refractivity contribution in [2.75, 3.05) is 13.1 Å². The van der Waals surface area contributed by atoms with Gasteiger partial charge in [-0.3, -0.25) is 0 Å². The molecule has 3 fully saturated rings. The van der Waals surface area contributed by atoms with Crippen LogP contribution in [0.1, 0.15) is 51.5 Å². The zero-order valence-electron chi connectivity index (χ0n) is 16.6. The molecule has 0 N–H and O–H groups in total. The van der Waals surface area contributed by atoms with E-state index in [2.05, 4.69) is 19.9 Å². The minimum Gasteiger partial charge on any atom is -0.207 e. The normalized spacial score (nSPS) is 32.3. The first kappa shape index (κ1) is 17.7. The van der Waals surface area contributed by atoms with Gasteiger partial charge < -0.3 is 0 Å². The summed E-state index contributed by atoms with van der Waals surface area (Å²) in [7, 11) is -3.43. The van der Waals surface area contributed by atoms with Crippen LogP contribution in [0.5, 0.6) is 0 Å². The summed E-state index contributed by atoms with van der Waals surface area (Å²) in [5.74, 6) is 0.420. The van der Waals surface area contributed by atoms with Crippen LogP contribution >= 0.6 is 0 Å². The van der Waals surface area contributed by atoms with Crippen molar-refractivity contribution in [2.24, 2.45) is 16.7 Å². The van der Waals surface area contributed by atoms with Crippen molar-refractivity contribution < 1.29 is 8.42 Å². The van der Waals surface area contributed by atoms with E-state index in [0.717, 1.165) is 5.56 Å². The van der Waals surface area contributed by atoms with Crippen LogP contribution in [0, 0.1) is 23.7 Å². The predicted molar refractivity (Wildman–Crippen MR) is 108 cm³/mol. The average Bonchev–Trinajstić information content (AvgIpc) is 3.16. The third kappa shape index (κ3) is 2.20. The Labute approximate surface area is 163 Å². The van der Waals surface area contributed by atoms with Crippen molar-refractivity contribution in [3.63, 3.8) is 0 Å². The second kappa shape index (κ2) is 5.57. The van der Waals surface area contributed by atoms with Crippen molar-refractivity contribution in [1.82, 2.24) is 4.31 Å². The van der Waals surface area contributed by atoms with Gasteiger partial charge in [-0.2, -0.15) is 4.31 Å². The van der Waals surface area contributed by atoms with Gasteiger partial charge in [0.15, 0.2) is 0 Å². The number of aryl methyl sites for hydroxylation is 1. The maximum Gasteiger partial charge on any atom is 0.243 e. The monoisotopic (exact) mass is 383 g/mol. The van der Waals surface area contributed by atoms with E-state index in [-0.39, 0.29) is 10.8 Å². The number of sulfonamides is 1. The highest BCUT2D eigenvalue weighted by molar-refractivity contribution is 7.89. The van der Waals surface area contributed by atoms with Crippen LogP contribution in [0.25, 0.3) is 0 Å². The highest BCUT2D eigenvalue weighted by Crippen LogP contribution is 2.82. The van der Waals surface area contributed by atoms with Gasteiger partial charge in [0.2, 0.25) is 10.0 Å². The third-order valence-electron chi connectivity index (χ3n) is 7.81. The van der Waals surface area contributed by atoms with Gasteiger partial charge in [0.1, 0.15) is 0 Å². The minimum absolute atomic E-state index is 0.175. The summed E-state index contributed by atoms with van der Waals surface area (Å²) in [4.78, 5) is 0.421. The van der Waals surface area contributed by atoms with E-state index < -0.39 is 10.0 Å². The van der Waals surface area contributed by atoms with Crippen LogP contribution in [0.2, 0.25) is 0 Å². The zero-order valence-corrected chi connectivity index (χ0v) is 17.4. The highest BCUT2D eigenvalue weighted by atomic mass is 32.2. The third-order valence-corrected chi connectivity index (χ3v) is 9.63. The summed E-state index contributed by atoms with van der Waals surface area (Å²) in [6.07, 6.45) is 8.83. The molecule has 4 aliphatic rings. The standard InChI is InChI=1S/C23H29NO2S/c1-16-9-11-19(12-10-16)27(25,26)24-14-18-13-20(17-7-5-4-6-8-17)23(18)21(15-24)22(23,2)3/h9-13,21H,4-8,14-15H2,1-3H3. The number of benzene rings is 1. The molecule has 1 saturated heterocycles. The number of piperidine rings is 1. The van der Waals surface area contributed by atoms with E-state index in [1.54, 1.807) is 27.6 Å². The average molecular weight is 384 g/mol. The van der Waals surface area contributed by atoms with Crippen LogP contribution < -0.4 is 0 Å². The molecular formula is C23H29NO2S. The molecule has 27 heavy (non-hydrogen) atoms. The molecule has 1 aromatic carbocycles. The Morgan fingerprint density at radius 2 is 1.70 bits per heavy atom. The molecular weight excluding hydrogens is 354 g/mol. The van der Waals surface area contributed by atoms with Crippen LogP contribution in [0.4, 0.5) is 0 Å². The molecule has 0 aromatic heterocycles. The highest BCUT2D eigenvalue weighted by Gasteiger charge is 2.78. The smallest absolute Gasteiger partial charge is 0.207 e. The summed E-state index contributed by atoms with van der Waals surface area (Å²) in [5, 5.41) is 0. The van der Waals surface area contributed by atoms with Crippen LogP contribution in [0.15, 0.2) is 52.0 Å². The lowest BCUT2D eigenvalue weighted by Crippen LogP contribution is -2.44. The maximum atomic E-state index is 13.2. The predicted octanol–water partition coefficient (Wildman–Crippen LogP) is 4.84. The summed E-state index contributed by atoms with van der Waals surface area (Å²) in [6.45, 7) is 7.88. The fourth-order valence-corrected chi connectivity index (χ4v) is 7.64. The van der Waals surface area contributed by atoms with Crippen LogP contribution in [-0.2, 0) is 10.0 Å². The van der Waals surface area contributed by atoms with E-state index >= 15 is 0 Å². The number of allylic oxidation sites excluding steroid dienone is 3. The van der Waals surface area contributed by atoms with E-state index in [1.807, 2.05) is 19.1 Å². The number of hydrogen-bond donors (Lipinski definition) is 0. The SMILES string of the molecule is Cc1ccc(S(=O)(=O)N2CC3=CC(=C4CCCCC4)C34C(C2)C4(C)C)cc1. The van der Waals surface area contributed by atoms with E-state index in [9.17, 15) is 8.42 Å². The molecule has 1 heterocycles. The first-order valence-corrected chi connectivity index (χ1v) is 11.7. The van der Waals surface area contributed by atoms with Gasteiger partial charge in [0.25, 0.3) is 0 Å². The lowest BCUT2D eigenvalue weighted by Gasteiger charge is -2.43. The molecule has 144 valence electrons. The molecule has 3 nitrogen and oxygen atoms in total. The molecule has 3 aliphatic carbocycles. The number of nitrogens with zero attached hydrogens (tertiary/aromatic N) is 1. The Hall–Kier alpha value is -1.39. The second-order valence-corrected chi connectivity index (χ2v) is 11.4. The molecule has 0 amide bonds. The Morgan fingerprint density at radius 1 is 1.04 bits per heavy atom. The van der Waals surface area contributed by atoms with Gasteiger partial charge in [-0.25, -0.2) is 8.42 Å². The lowest BCUT2D eigenvalue weighted by atomic mass is 9.66. The topological polar surface area (TPSA) is 37.4 Å². The van der Waals surface area contributed by atoms with Gasteiger partial charge in [-0.05, 0) is 67.2 Å². The van der Waals surface area contributed by atoms with Gasteiger partial charge in [-0.15, -0.1) is 0 Å². The molecule has 2 saturated carbocycles. The Morgan fingerprint density at radius 3 is 2.33 bits per heavy atom. The zero-order chi connectivity index (χ0) is 19.0. The molecule has 5 rings (SSSR count). The van der Waals surface area contributed by atoms with E-state index in [0.29, 0.717) is 23.9 Å². The fourth-order valence-electron chi connectivity index (χ4n) is 6.20. The minimum atomic E-state index is -3.43. The molecule has 1 aliphatic heterocycles. The van der Waals surface area contributed by atoms with Crippen molar-refractivity contribution in [1.29, 1.82) is 0 Å². The molecule has 0 radical (unpaired) electrons. The van der Waals surface area contributed by atoms with E-state index in [4.69, 9.17) is 0 Å². The molecule has 4 heteroatoms. The van der Waals surface area contributed by atoms with Gasteiger partial charge >= 0.3 is 0 Å². The van der Waals surface area contributed by atoms with Crippen molar-refractivity contribution in [2.45, 2.75) is 57.8 Å². The Bertz CT molecular complexity index is 960. The summed E-state index contributed by atoms with van der Waals surface area (Å²) in [6, 6.07) is 7.26. The summed E-state index contributed by atoms with van der Waals surface area (Å²) in [5.41, 5.74) is 6.04. The van der Waals surface area contributed by atoms with E-state index in [1.165, 1.54) is 37.7 Å². The summed E-state index contributed by atoms with van der Waals surface area (Å²) >= 11 is 0. The Kier molecular flexibility index (Phi) is 3.65. The van der Waals surface area contributed by atoms with Crippen LogP contribution in [0.3, 0.4) is 0 Å². The molecule has 1 spiro atoms. The number of rotatable bonds is 2. The molecule has 1 aromatic rings. The van der Waals surface area contributed by atoms with Crippen LogP contribution in [-0.4, -0.2) is 25.8 Å². The Balaban J connectivity index is 1.50. The largest absolute Gasteiger partial charge is 0.243 e. The molecule has 2 atom stereocenters. The molecule has 0 bridgehead atoms. The first-order chi connectivity index (χ1) is 12.8.